The quantitative estimate of drug-likeness (QED) is 0.858. The van der Waals surface area contributed by atoms with Crippen LogP contribution in [0.15, 0.2) is 28.7 Å². The molecular weight excluding hydrogens is 356 g/mol. The van der Waals surface area contributed by atoms with E-state index in [1.54, 1.807) is 18.2 Å². The maximum atomic E-state index is 11.9. The molecule has 0 saturated carbocycles. The van der Waals surface area contributed by atoms with E-state index in [0.717, 1.165) is 10.7 Å². The van der Waals surface area contributed by atoms with E-state index in [1.165, 1.54) is 4.31 Å². The summed E-state index contributed by atoms with van der Waals surface area (Å²) in [4.78, 5) is 11.8. The van der Waals surface area contributed by atoms with Gasteiger partial charge in [-0.3, -0.25) is 9.10 Å². The predicted octanol–water partition coefficient (Wildman–Crippen LogP) is 2.52. The van der Waals surface area contributed by atoms with Gasteiger partial charge in [-0.05, 0) is 39.0 Å². The number of hydrogen-bond acceptors (Lipinski definition) is 3. The number of nitrogens with zero attached hydrogens (tertiary/aromatic N) is 1. The molecule has 7 heteroatoms. The van der Waals surface area contributed by atoms with Crippen LogP contribution in [0, 0.1) is 0 Å². The molecule has 1 amide bonds. The minimum Gasteiger partial charge on any atom is -0.351 e. The second-order valence-electron chi connectivity index (χ2n) is 5.86. The predicted molar refractivity (Wildman–Crippen MR) is 88.8 cm³/mol. The van der Waals surface area contributed by atoms with E-state index < -0.39 is 10.0 Å². The van der Waals surface area contributed by atoms with Gasteiger partial charge in [0.05, 0.1) is 11.9 Å². The molecule has 0 aliphatic heterocycles. The lowest BCUT2D eigenvalue weighted by Gasteiger charge is -2.24. The Morgan fingerprint density at radius 1 is 1.33 bits per heavy atom. The summed E-state index contributed by atoms with van der Waals surface area (Å²) in [5.74, 6) is -0.175. The minimum atomic E-state index is -3.44. The van der Waals surface area contributed by atoms with Crippen LogP contribution in [0.2, 0.25) is 0 Å². The zero-order valence-electron chi connectivity index (χ0n) is 12.7. The van der Waals surface area contributed by atoms with Crippen LogP contribution in [0.4, 0.5) is 5.69 Å². The van der Waals surface area contributed by atoms with Gasteiger partial charge in [0.15, 0.2) is 0 Å². The zero-order chi connectivity index (χ0) is 16.3. The molecule has 0 bridgehead atoms. The van der Waals surface area contributed by atoms with E-state index in [4.69, 9.17) is 0 Å². The van der Waals surface area contributed by atoms with Gasteiger partial charge in [0.1, 0.15) is 0 Å². The Balaban J connectivity index is 2.85. The molecule has 118 valence electrons. The molecule has 0 aliphatic carbocycles. The van der Waals surface area contributed by atoms with Gasteiger partial charge in [0.2, 0.25) is 15.9 Å². The molecule has 0 fully saturated rings. The molecular formula is C14H21BrN2O3S. The Morgan fingerprint density at radius 2 is 1.95 bits per heavy atom. The molecule has 0 atom stereocenters. The van der Waals surface area contributed by atoms with Crippen molar-refractivity contribution in [1.29, 1.82) is 0 Å². The van der Waals surface area contributed by atoms with Gasteiger partial charge in [-0.15, -0.1) is 0 Å². The van der Waals surface area contributed by atoms with Crippen LogP contribution in [0.25, 0.3) is 0 Å². The van der Waals surface area contributed by atoms with Crippen molar-refractivity contribution in [2.24, 2.45) is 0 Å². The first-order valence-corrected chi connectivity index (χ1v) is 9.17. The van der Waals surface area contributed by atoms with Gasteiger partial charge in [0.25, 0.3) is 0 Å². The maximum absolute atomic E-state index is 11.9. The number of hydrogen-bond donors (Lipinski definition) is 1. The Kier molecular flexibility index (Phi) is 5.81. The first-order valence-electron chi connectivity index (χ1n) is 6.53. The molecule has 0 saturated heterocycles. The van der Waals surface area contributed by atoms with Crippen LogP contribution in [0.5, 0.6) is 0 Å². The summed E-state index contributed by atoms with van der Waals surface area (Å²) in [5, 5.41) is 2.82. The number of rotatable bonds is 5. The van der Waals surface area contributed by atoms with Crippen LogP contribution in [-0.2, 0) is 14.8 Å². The second kappa shape index (κ2) is 6.79. The van der Waals surface area contributed by atoms with Gasteiger partial charge in [0, 0.05) is 23.0 Å². The molecule has 5 nitrogen and oxygen atoms in total. The summed E-state index contributed by atoms with van der Waals surface area (Å²) >= 11 is 3.32. The zero-order valence-corrected chi connectivity index (χ0v) is 15.1. The van der Waals surface area contributed by atoms with Crippen LogP contribution in [0.3, 0.4) is 0 Å². The molecule has 0 unspecified atom stereocenters. The third-order valence-electron chi connectivity index (χ3n) is 2.55. The third-order valence-corrected chi connectivity index (χ3v) is 4.24. The van der Waals surface area contributed by atoms with Crippen LogP contribution >= 0.6 is 15.9 Å². The van der Waals surface area contributed by atoms with Crippen molar-refractivity contribution in [3.63, 3.8) is 0 Å². The third kappa shape index (κ3) is 6.48. The SMILES string of the molecule is CC(C)(C)NC(=O)CCN(c1cccc(Br)c1)S(C)(=O)=O. The van der Waals surface area contributed by atoms with Crippen molar-refractivity contribution in [3.8, 4) is 0 Å². The lowest BCUT2D eigenvalue weighted by molar-refractivity contribution is -0.122. The molecule has 0 heterocycles. The van der Waals surface area contributed by atoms with E-state index in [2.05, 4.69) is 21.2 Å². The lowest BCUT2D eigenvalue weighted by Crippen LogP contribution is -2.42. The van der Waals surface area contributed by atoms with E-state index in [9.17, 15) is 13.2 Å². The van der Waals surface area contributed by atoms with E-state index >= 15 is 0 Å². The first kappa shape index (κ1) is 18.0. The fourth-order valence-electron chi connectivity index (χ4n) is 1.80. The second-order valence-corrected chi connectivity index (χ2v) is 8.69. The smallest absolute Gasteiger partial charge is 0.232 e. The van der Waals surface area contributed by atoms with Gasteiger partial charge >= 0.3 is 0 Å². The highest BCUT2D eigenvalue weighted by Crippen LogP contribution is 2.22. The standard InChI is InChI=1S/C14H21BrN2O3S/c1-14(2,3)16-13(18)8-9-17(21(4,19)20)12-7-5-6-11(15)10-12/h5-7,10H,8-9H2,1-4H3,(H,16,18). The normalized spacial score (nSPS) is 12.0. The van der Waals surface area contributed by atoms with Crippen LogP contribution < -0.4 is 9.62 Å². The Morgan fingerprint density at radius 3 is 2.43 bits per heavy atom. The fourth-order valence-corrected chi connectivity index (χ4v) is 3.11. The number of carbonyl (C=O) groups excluding carboxylic acids is 1. The van der Waals surface area contributed by atoms with Crippen molar-refractivity contribution in [1.82, 2.24) is 5.32 Å². The highest BCUT2D eigenvalue weighted by atomic mass is 79.9. The molecule has 0 spiro atoms. The van der Waals surface area contributed by atoms with Gasteiger partial charge in [-0.1, -0.05) is 22.0 Å². The Hall–Kier alpha value is -1.08. The monoisotopic (exact) mass is 376 g/mol. The Labute approximate surface area is 134 Å². The molecule has 0 radical (unpaired) electrons. The molecule has 1 N–H and O–H groups in total. The maximum Gasteiger partial charge on any atom is 0.232 e. The van der Waals surface area contributed by atoms with Crippen LogP contribution in [0.1, 0.15) is 27.2 Å². The molecule has 0 aliphatic rings. The van der Waals surface area contributed by atoms with E-state index in [1.807, 2.05) is 26.8 Å². The van der Waals surface area contributed by atoms with Gasteiger partial charge in [-0.25, -0.2) is 8.42 Å². The number of carbonyl (C=O) groups is 1. The molecule has 1 aromatic carbocycles. The summed E-state index contributed by atoms with van der Waals surface area (Å²) in [5.41, 5.74) is 0.207. The highest BCUT2D eigenvalue weighted by molar-refractivity contribution is 9.10. The summed E-state index contributed by atoms with van der Waals surface area (Å²) in [6.07, 6.45) is 1.24. The topological polar surface area (TPSA) is 66.5 Å². The molecule has 1 rings (SSSR count). The lowest BCUT2D eigenvalue weighted by atomic mass is 10.1. The summed E-state index contributed by atoms with van der Waals surface area (Å²) in [6, 6.07) is 6.99. The fraction of sp³-hybridized carbons (Fsp3) is 0.500. The van der Waals surface area contributed by atoms with Crippen molar-refractivity contribution in [2.45, 2.75) is 32.7 Å². The number of anilines is 1. The van der Waals surface area contributed by atoms with Crippen molar-refractivity contribution in [2.75, 3.05) is 17.1 Å². The van der Waals surface area contributed by atoms with Crippen LogP contribution in [-0.4, -0.2) is 32.7 Å². The average Bonchev–Trinajstić information content (AvgIpc) is 2.24. The molecule has 0 aromatic heterocycles. The van der Waals surface area contributed by atoms with E-state index in [0.29, 0.717) is 5.69 Å². The summed E-state index contributed by atoms with van der Waals surface area (Å²) in [6.45, 7) is 5.76. The molecule has 21 heavy (non-hydrogen) atoms. The largest absolute Gasteiger partial charge is 0.351 e. The van der Waals surface area contributed by atoms with E-state index in [-0.39, 0.29) is 24.4 Å². The van der Waals surface area contributed by atoms with Crippen molar-refractivity contribution < 1.29 is 13.2 Å². The number of amides is 1. The Bertz CT molecular complexity index is 609. The van der Waals surface area contributed by atoms with Crippen molar-refractivity contribution in [3.05, 3.63) is 28.7 Å². The number of sulfonamides is 1. The van der Waals surface area contributed by atoms with Gasteiger partial charge < -0.3 is 5.32 Å². The number of nitrogens with one attached hydrogen (secondary N) is 1. The summed E-state index contributed by atoms with van der Waals surface area (Å²) < 4.78 is 25.9. The minimum absolute atomic E-state index is 0.108. The van der Waals surface area contributed by atoms with Crippen molar-refractivity contribution >= 4 is 37.5 Å². The molecule has 1 aromatic rings. The first-order chi connectivity index (χ1) is 9.49. The highest BCUT2D eigenvalue weighted by Gasteiger charge is 2.20. The number of benzene rings is 1. The summed E-state index contributed by atoms with van der Waals surface area (Å²) in [7, 11) is -3.44. The average molecular weight is 377 g/mol. The number of halogens is 1. The van der Waals surface area contributed by atoms with Gasteiger partial charge in [-0.2, -0.15) is 0 Å².